The number of halogens is 1. The van der Waals surface area contributed by atoms with Crippen LogP contribution in [0.5, 0.6) is 0 Å². The number of carboxylic acid groups (broad SMARTS) is 1. The number of anilines is 1. The lowest BCUT2D eigenvalue weighted by Gasteiger charge is -2.15. The molecule has 1 amide bonds. The average Bonchev–Trinajstić information content (AvgIpc) is 2.47. The summed E-state index contributed by atoms with van der Waals surface area (Å²) in [5.74, 6) is -2.59. The third-order valence-corrected chi connectivity index (χ3v) is 2.92. The maximum atomic E-state index is 13.2. The smallest absolute Gasteiger partial charge is 0.330 e. The highest BCUT2D eigenvalue weighted by Gasteiger charge is 2.23. The molecule has 1 unspecified atom stereocenters. The molecule has 0 aliphatic carbocycles. The second-order valence-corrected chi connectivity index (χ2v) is 4.39. The maximum absolute atomic E-state index is 13.2. The van der Waals surface area contributed by atoms with Crippen molar-refractivity contribution in [3.63, 3.8) is 0 Å². The summed E-state index contributed by atoms with van der Waals surface area (Å²) in [6.07, 6.45) is 0. The van der Waals surface area contributed by atoms with Crippen LogP contribution in [0.25, 0.3) is 0 Å². The number of rotatable bonds is 4. The van der Waals surface area contributed by atoms with E-state index in [0.29, 0.717) is 5.56 Å². The lowest BCUT2D eigenvalue weighted by molar-refractivity contribution is -0.139. The number of nitrogen functional groups attached to an aromatic ring is 1. The molecule has 0 heterocycles. The van der Waals surface area contributed by atoms with Crippen molar-refractivity contribution < 1.29 is 19.1 Å². The Kier molecular flexibility index (Phi) is 4.18. The molecule has 4 N–H and O–H groups in total. The van der Waals surface area contributed by atoms with Crippen LogP contribution in [0.1, 0.15) is 22.0 Å². The monoisotopic (exact) mass is 288 g/mol. The summed E-state index contributed by atoms with van der Waals surface area (Å²) in [5, 5.41) is 11.6. The standard InChI is InChI=1S/C15H13FN2O3/c16-10-6-7-12(17)11(8-10)14(19)18-13(15(20)21)9-4-2-1-3-5-9/h1-8,13H,17H2,(H,18,19)(H,20,21). The Hall–Kier alpha value is -2.89. The van der Waals surface area contributed by atoms with Gasteiger partial charge in [-0.25, -0.2) is 9.18 Å². The average molecular weight is 288 g/mol. The van der Waals surface area contributed by atoms with E-state index in [0.717, 1.165) is 12.1 Å². The number of nitrogens with two attached hydrogens (primary N) is 1. The van der Waals surface area contributed by atoms with Crippen molar-refractivity contribution in [2.24, 2.45) is 0 Å². The van der Waals surface area contributed by atoms with E-state index in [4.69, 9.17) is 5.73 Å². The number of carbonyl (C=O) groups is 2. The normalized spacial score (nSPS) is 11.7. The zero-order chi connectivity index (χ0) is 15.4. The number of hydrogen-bond acceptors (Lipinski definition) is 3. The first-order chi connectivity index (χ1) is 9.99. The number of carbonyl (C=O) groups excluding carboxylic acids is 1. The second-order valence-electron chi connectivity index (χ2n) is 4.39. The van der Waals surface area contributed by atoms with Gasteiger partial charge in [0.2, 0.25) is 0 Å². The van der Waals surface area contributed by atoms with E-state index >= 15 is 0 Å². The van der Waals surface area contributed by atoms with E-state index in [2.05, 4.69) is 5.32 Å². The SMILES string of the molecule is Nc1ccc(F)cc1C(=O)NC(C(=O)O)c1ccccc1. The van der Waals surface area contributed by atoms with Gasteiger partial charge in [-0.3, -0.25) is 4.79 Å². The first-order valence-corrected chi connectivity index (χ1v) is 6.12. The molecule has 21 heavy (non-hydrogen) atoms. The van der Waals surface area contributed by atoms with Crippen LogP contribution in [0.4, 0.5) is 10.1 Å². The van der Waals surface area contributed by atoms with Crippen molar-refractivity contribution >= 4 is 17.6 Å². The highest BCUT2D eigenvalue weighted by atomic mass is 19.1. The number of hydrogen-bond donors (Lipinski definition) is 3. The quantitative estimate of drug-likeness (QED) is 0.750. The molecule has 0 aliphatic heterocycles. The molecule has 5 nitrogen and oxygen atoms in total. The number of nitrogens with one attached hydrogen (secondary N) is 1. The van der Waals surface area contributed by atoms with Crippen LogP contribution in [0.15, 0.2) is 48.5 Å². The van der Waals surface area contributed by atoms with Crippen LogP contribution in [-0.2, 0) is 4.79 Å². The van der Waals surface area contributed by atoms with Crippen LogP contribution >= 0.6 is 0 Å². The molecular formula is C15H13FN2O3. The molecule has 0 radical (unpaired) electrons. The van der Waals surface area contributed by atoms with Crippen LogP contribution < -0.4 is 11.1 Å². The summed E-state index contributed by atoms with van der Waals surface area (Å²) in [5.41, 5.74) is 5.99. The van der Waals surface area contributed by atoms with E-state index < -0.39 is 23.7 Å². The Morgan fingerprint density at radius 2 is 1.81 bits per heavy atom. The van der Waals surface area contributed by atoms with Gasteiger partial charge in [0.15, 0.2) is 6.04 Å². The minimum absolute atomic E-state index is 0.0751. The predicted octanol–water partition coefficient (Wildman–Crippen LogP) is 1.96. The lowest BCUT2D eigenvalue weighted by atomic mass is 10.1. The largest absolute Gasteiger partial charge is 0.479 e. The number of carboxylic acids is 1. The van der Waals surface area contributed by atoms with Crippen molar-refractivity contribution in [1.82, 2.24) is 5.32 Å². The second kappa shape index (κ2) is 6.04. The Bertz CT molecular complexity index is 674. The zero-order valence-corrected chi connectivity index (χ0v) is 10.9. The minimum Gasteiger partial charge on any atom is -0.479 e. The van der Waals surface area contributed by atoms with E-state index in [1.54, 1.807) is 30.3 Å². The molecular weight excluding hydrogens is 275 g/mol. The fourth-order valence-corrected chi connectivity index (χ4v) is 1.87. The van der Waals surface area contributed by atoms with Gasteiger partial charge in [-0.2, -0.15) is 0 Å². The van der Waals surface area contributed by atoms with Crippen LogP contribution in [0.2, 0.25) is 0 Å². The van der Waals surface area contributed by atoms with Gasteiger partial charge in [0.1, 0.15) is 5.82 Å². The summed E-state index contributed by atoms with van der Waals surface area (Å²) in [6, 6.07) is 10.3. The molecule has 2 rings (SSSR count). The van der Waals surface area contributed by atoms with Gasteiger partial charge in [-0.15, -0.1) is 0 Å². The summed E-state index contributed by atoms with van der Waals surface area (Å²) >= 11 is 0. The Labute approximate surface area is 120 Å². The van der Waals surface area contributed by atoms with Gasteiger partial charge in [-0.05, 0) is 23.8 Å². The molecule has 0 aromatic heterocycles. The predicted molar refractivity (Wildman–Crippen MR) is 75.1 cm³/mol. The number of aliphatic carboxylic acids is 1. The van der Waals surface area contributed by atoms with Gasteiger partial charge >= 0.3 is 5.97 Å². The fourth-order valence-electron chi connectivity index (χ4n) is 1.87. The fraction of sp³-hybridized carbons (Fsp3) is 0.0667. The first kappa shape index (κ1) is 14.5. The molecule has 0 fully saturated rings. The van der Waals surface area contributed by atoms with E-state index in [9.17, 15) is 19.1 Å². The van der Waals surface area contributed by atoms with Crippen molar-refractivity contribution in [2.45, 2.75) is 6.04 Å². The van der Waals surface area contributed by atoms with Gasteiger partial charge < -0.3 is 16.2 Å². The minimum atomic E-state index is -1.23. The van der Waals surface area contributed by atoms with E-state index in [1.807, 2.05) is 0 Å². The van der Waals surface area contributed by atoms with E-state index in [1.165, 1.54) is 6.07 Å². The summed E-state index contributed by atoms with van der Waals surface area (Å²) in [7, 11) is 0. The molecule has 0 saturated carbocycles. The molecule has 2 aromatic rings. The third kappa shape index (κ3) is 3.36. The number of benzene rings is 2. The molecule has 6 heteroatoms. The number of amides is 1. The lowest BCUT2D eigenvalue weighted by Crippen LogP contribution is -2.34. The van der Waals surface area contributed by atoms with Crippen molar-refractivity contribution in [3.05, 3.63) is 65.5 Å². The Balaban J connectivity index is 2.27. The van der Waals surface area contributed by atoms with Crippen LogP contribution in [-0.4, -0.2) is 17.0 Å². The van der Waals surface area contributed by atoms with Gasteiger partial charge in [0.25, 0.3) is 5.91 Å². The van der Waals surface area contributed by atoms with Gasteiger partial charge in [-0.1, -0.05) is 30.3 Å². The topological polar surface area (TPSA) is 92.4 Å². The van der Waals surface area contributed by atoms with Crippen LogP contribution in [0.3, 0.4) is 0 Å². The maximum Gasteiger partial charge on any atom is 0.330 e. The van der Waals surface area contributed by atoms with Crippen molar-refractivity contribution in [3.8, 4) is 0 Å². The highest BCUT2D eigenvalue weighted by Crippen LogP contribution is 2.17. The third-order valence-electron chi connectivity index (χ3n) is 2.92. The van der Waals surface area contributed by atoms with Gasteiger partial charge in [0.05, 0.1) is 5.56 Å². The van der Waals surface area contributed by atoms with Crippen molar-refractivity contribution in [1.29, 1.82) is 0 Å². The summed E-state index contributed by atoms with van der Waals surface area (Å²) in [6.45, 7) is 0. The Morgan fingerprint density at radius 3 is 2.43 bits per heavy atom. The zero-order valence-electron chi connectivity index (χ0n) is 10.9. The molecule has 1 atom stereocenters. The first-order valence-electron chi connectivity index (χ1n) is 6.12. The molecule has 0 saturated heterocycles. The molecule has 2 aromatic carbocycles. The highest BCUT2D eigenvalue weighted by molar-refractivity contribution is 6.01. The van der Waals surface area contributed by atoms with E-state index in [-0.39, 0.29) is 11.3 Å². The Morgan fingerprint density at radius 1 is 1.14 bits per heavy atom. The van der Waals surface area contributed by atoms with Crippen LogP contribution in [0, 0.1) is 5.82 Å². The molecule has 0 bridgehead atoms. The summed E-state index contributed by atoms with van der Waals surface area (Å²) in [4.78, 5) is 23.4. The van der Waals surface area contributed by atoms with Crippen molar-refractivity contribution in [2.75, 3.05) is 5.73 Å². The molecule has 0 aliphatic rings. The molecule has 108 valence electrons. The van der Waals surface area contributed by atoms with Gasteiger partial charge in [0, 0.05) is 5.69 Å². The molecule has 0 spiro atoms. The summed E-state index contributed by atoms with van der Waals surface area (Å²) < 4.78 is 13.2.